The first-order valence-electron chi connectivity index (χ1n) is 7.25. The summed E-state index contributed by atoms with van der Waals surface area (Å²) in [7, 11) is 0. The van der Waals surface area contributed by atoms with E-state index in [0.29, 0.717) is 31.2 Å². The molecule has 3 rings (SSSR count). The van der Waals surface area contributed by atoms with Crippen molar-refractivity contribution in [3.63, 3.8) is 0 Å². The van der Waals surface area contributed by atoms with Crippen molar-refractivity contribution in [1.29, 1.82) is 0 Å². The van der Waals surface area contributed by atoms with Gasteiger partial charge in [0.1, 0.15) is 11.5 Å². The molecule has 1 aromatic heterocycles. The van der Waals surface area contributed by atoms with Gasteiger partial charge in [0.2, 0.25) is 0 Å². The predicted octanol–water partition coefficient (Wildman–Crippen LogP) is 2.07. The fourth-order valence-corrected chi connectivity index (χ4v) is 2.65. The highest BCUT2D eigenvalue weighted by atomic mass is 16.5. The molecule has 2 aromatic rings. The lowest BCUT2D eigenvalue weighted by Crippen LogP contribution is -2.45. The molecule has 0 radical (unpaired) electrons. The van der Waals surface area contributed by atoms with Crippen molar-refractivity contribution >= 4 is 22.5 Å². The molecular weight excluding hydrogens is 266 g/mol. The highest BCUT2D eigenvalue weighted by molar-refractivity contribution is 5.99. The quantitative estimate of drug-likeness (QED) is 0.917. The topological polar surface area (TPSA) is 68.5 Å². The maximum absolute atomic E-state index is 12.6. The summed E-state index contributed by atoms with van der Waals surface area (Å²) in [5.41, 5.74) is 6.38. The number of aromatic nitrogens is 1. The van der Waals surface area contributed by atoms with Crippen LogP contribution < -0.4 is 5.73 Å². The molecule has 2 N–H and O–H groups in total. The van der Waals surface area contributed by atoms with E-state index in [4.69, 9.17) is 10.5 Å². The maximum Gasteiger partial charge on any atom is 0.272 e. The number of nitrogens with two attached hydrogens (primary N) is 1. The third kappa shape index (κ3) is 2.69. The molecule has 1 amide bonds. The van der Waals surface area contributed by atoms with Crippen LogP contribution in [0.25, 0.3) is 10.8 Å². The van der Waals surface area contributed by atoms with Gasteiger partial charge in [-0.2, -0.15) is 0 Å². The van der Waals surface area contributed by atoms with Gasteiger partial charge in [-0.3, -0.25) is 4.79 Å². The number of anilines is 1. The van der Waals surface area contributed by atoms with Gasteiger partial charge in [-0.05, 0) is 17.9 Å². The third-order valence-electron chi connectivity index (χ3n) is 3.87. The number of carbonyl (C=O) groups excluding carboxylic acids is 1. The second-order valence-corrected chi connectivity index (χ2v) is 5.27. The van der Waals surface area contributed by atoms with Gasteiger partial charge in [-0.1, -0.05) is 31.2 Å². The summed E-state index contributed by atoms with van der Waals surface area (Å²) in [6.45, 7) is 3.85. The van der Waals surface area contributed by atoms with E-state index in [1.54, 1.807) is 4.90 Å². The van der Waals surface area contributed by atoms with Crippen LogP contribution in [0.5, 0.6) is 0 Å². The van der Waals surface area contributed by atoms with Crippen LogP contribution in [0, 0.1) is 0 Å². The second-order valence-electron chi connectivity index (χ2n) is 5.27. The van der Waals surface area contributed by atoms with Crippen molar-refractivity contribution in [1.82, 2.24) is 9.88 Å². The van der Waals surface area contributed by atoms with E-state index >= 15 is 0 Å². The van der Waals surface area contributed by atoms with E-state index in [1.807, 2.05) is 30.3 Å². The van der Waals surface area contributed by atoms with Crippen LogP contribution in [-0.4, -0.2) is 41.6 Å². The Hall–Kier alpha value is -2.14. The van der Waals surface area contributed by atoms with Crippen LogP contribution in [-0.2, 0) is 4.74 Å². The second kappa shape index (κ2) is 5.69. The number of fused-ring (bicyclic) bond motifs is 1. The van der Waals surface area contributed by atoms with Crippen molar-refractivity contribution in [2.45, 2.75) is 19.4 Å². The van der Waals surface area contributed by atoms with E-state index in [2.05, 4.69) is 11.9 Å². The summed E-state index contributed by atoms with van der Waals surface area (Å²) in [5.74, 6) is 0.325. The Morgan fingerprint density at radius 1 is 1.48 bits per heavy atom. The molecule has 0 aliphatic carbocycles. The smallest absolute Gasteiger partial charge is 0.272 e. The van der Waals surface area contributed by atoms with Gasteiger partial charge >= 0.3 is 0 Å². The molecule has 1 fully saturated rings. The highest BCUT2D eigenvalue weighted by Crippen LogP contribution is 2.21. The molecular formula is C16H19N3O2. The standard InChI is InChI=1S/C16H19N3O2/c1-2-12-10-19(7-8-21-12)16(20)14-9-11-5-3-4-6-13(11)15(17)18-14/h3-6,9,12H,2,7-8,10H2,1H3,(H2,17,18). The molecule has 1 aliphatic rings. The number of nitrogens with zero attached hydrogens (tertiary/aromatic N) is 2. The maximum atomic E-state index is 12.6. The van der Waals surface area contributed by atoms with Crippen LogP contribution in [0.1, 0.15) is 23.8 Å². The Morgan fingerprint density at radius 2 is 2.29 bits per heavy atom. The molecule has 0 bridgehead atoms. The van der Waals surface area contributed by atoms with E-state index in [-0.39, 0.29) is 12.0 Å². The number of morpholine rings is 1. The van der Waals surface area contributed by atoms with E-state index in [9.17, 15) is 4.79 Å². The SMILES string of the molecule is CCC1CN(C(=O)c2cc3ccccc3c(N)n2)CCO1. The summed E-state index contributed by atoms with van der Waals surface area (Å²) < 4.78 is 5.60. The van der Waals surface area contributed by atoms with Gasteiger partial charge < -0.3 is 15.4 Å². The first kappa shape index (κ1) is 13.8. The highest BCUT2D eigenvalue weighted by Gasteiger charge is 2.25. The normalized spacial score (nSPS) is 18.9. The molecule has 5 heteroatoms. The van der Waals surface area contributed by atoms with E-state index in [0.717, 1.165) is 17.2 Å². The number of carbonyl (C=O) groups is 1. The van der Waals surface area contributed by atoms with E-state index in [1.165, 1.54) is 0 Å². The Labute approximate surface area is 123 Å². The van der Waals surface area contributed by atoms with Crippen LogP contribution in [0.15, 0.2) is 30.3 Å². The van der Waals surface area contributed by atoms with Gasteiger partial charge in [0.25, 0.3) is 5.91 Å². The molecule has 1 aliphatic heterocycles. The zero-order valence-electron chi connectivity index (χ0n) is 12.1. The molecule has 110 valence electrons. The van der Waals surface area contributed by atoms with Crippen LogP contribution in [0.3, 0.4) is 0 Å². The van der Waals surface area contributed by atoms with Gasteiger partial charge in [0.15, 0.2) is 0 Å². The summed E-state index contributed by atoms with van der Waals surface area (Å²) in [6.07, 6.45) is 1.01. The minimum absolute atomic E-state index is 0.0748. The Morgan fingerprint density at radius 3 is 3.10 bits per heavy atom. The Balaban J connectivity index is 1.91. The van der Waals surface area contributed by atoms with Crippen molar-refractivity contribution < 1.29 is 9.53 Å². The minimum atomic E-state index is -0.0748. The number of pyridine rings is 1. The van der Waals surface area contributed by atoms with Crippen molar-refractivity contribution in [2.75, 3.05) is 25.4 Å². The molecule has 0 spiro atoms. The lowest BCUT2D eigenvalue weighted by Gasteiger charge is -2.32. The molecule has 1 saturated heterocycles. The lowest BCUT2D eigenvalue weighted by molar-refractivity contribution is -0.0228. The number of rotatable bonds is 2. The van der Waals surface area contributed by atoms with Crippen LogP contribution >= 0.6 is 0 Å². The largest absolute Gasteiger partial charge is 0.383 e. The summed E-state index contributed by atoms with van der Waals surface area (Å²) in [5, 5.41) is 1.82. The molecule has 2 heterocycles. The van der Waals surface area contributed by atoms with Crippen LogP contribution in [0.2, 0.25) is 0 Å². The zero-order valence-corrected chi connectivity index (χ0v) is 12.1. The molecule has 21 heavy (non-hydrogen) atoms. The van der Waals surface area contributed by atoms with Gasteiger partial charge in [0, 0.05) is 18.5 Å². The fourth-order valence-electron chi connectivity index (χ4n) is 2.65. The number of ether oxygens (including phenoxy) is 1. The Kier molecular flexibility index (Phi) is 3.75. The van der Waals surface area contributed by atoms with Crippen molar-refractivity contribution in [3.05, 3.63) is 36.0 Å². The molecule has 5 nitrogen and oxygen atoms in total. The monoisotopic (exact) mass is 285 g/mol. The number of benzene rings is 1. The van der Waals surface area contributed by atoms with Gasteiger partial charge in [-0.15, -0.1) is 0 Å². The molecule has 1 atom stereocenters. The number of hydrogen-bond donors (Lipinski definition) is 1. The number of amides is 1. The third-order valence-corrected chi connectivity index (χ3v) is 3.87. The average molecular weight is 285 g/mol. The first-order valence-corrected chi connectivity index (χ1v) is 7.25. The van der Waals surface area contributed by atoms with E-state index < -0.39 is 0 Å². The van der Waals surface area contributed by atoms with Crippen LogP contribution in [0.4, 0.5) is 5.82 Å². The summed E-state index contributed by atoms with van der Waals surface area (Å²) in [4.78, 5) is 18.7. The lowest BCUT2D eigenvalue weighted by atomic mass is 10.1. The molecule has 1 unspecified atom stereocenters. The van der Waals surface area contributed by atoms with Crippen molar-refractivity contribution in [2.24, 2.45) is 0 Å². The fraction of sp³-hybridized carbons (Fsp3) is 0.375. The number of hydrogen-bond acceptors (Lipinski definition) is 4. The Bertz CT molecular complexity index is 672. The minimum Gasteiger partial charge on any atom is -0.383 e. The molecule has 1 aromatic carbocycles. The average Bonchev–Trinajstić information content (AvgIpc) is 2.54. The van der Waals surface area contributed by atoms with Crippen molar-refractivity contribution in [3.8, 4) is 0 Å². The molecule has 0 saturated carbocycles. The summed E-state index contributed by atoms with van der Waals surface area (Å²) in [6, 6.07) is 9.50. The predicted molar refractivity (Wildman–Crippen MR) is 82.1 cm³/mol. The van der Waals surface area contributed by atoms with Gasteiger partial charge in [0.05, 0.1) is 12.7 Å². The summed E-state index contributed by atoms with van der Waals surface area (Å²) >= 11 is 0. The zero-order chi connectivity index (χ0) is 14.8. The first-order chi connectivity index (χ1) is 10.2. The number of nitrogen functional groups attached to an aromatic ring is 1. The van der Waals surface area contributed by atoms with Gasteiger partial charge in [-0.25, -0.2) is 4.98 Å².